The first-order valence-electron chi connectivity index (χ1n) is 8.04. The molecule has 21 heavy (non-hydrogen) atoms. The lowest BCUT2D eigenvalue weighted by Crippen LogP contribution is -2.41. The molecular weight excluding hydrogens is 264 g/mol. The number of hydrogen-bond donors (Lipinski definition) is 1. The van der Waals surface area contributed by atoms with Gasteiger partial charge in [0.05, 0.1) is 6.10 Å². The minimum Gasteiger partial charge on any atom is -0.475 e. The summed E-state index contributed by atoms with van der Waals surface area (Å²) < 4.78 is 5.74. The maximum atomic E-state index is 6.01. The third-order valence-electron chi connectivity index (χ3n) is 3.96. The van der Waals surface area contributed by atoms with Gasteiger partial charge in [0, 0.05) is 30.4 Å². The highest BCUT2D eigenvalue weighted by molar-refractivity contribution is 5.36. The first kappa shape index (κ1) is 16.0. The summed E-state index contributed by atoms with van der Waals surface area (Å²) in [6.45, 7) is 9.07. The molecule has 5 nitrogen and oxygen atoms in total. The second kappa shape index (κ2) is 7.07. The van der Waals surface area contributed by atoms with Gasteiger partial charge in [0.25, 0.3) is 0 Å². The number of rotatable bonds is 5. The Labute approximate surface area is 127 Å². The molecule has 1 aliphatic rings. The van der Waals surface area contributed by atoms with Crippen molar-refractivity contribution >= 4 is 5.95 Å². The maximum Gasteiger partial charge on any atom is 0.229 e. The summed E-state index contributed by atoms with van der Waals surface area (Å²) in [6, 6.07) is 2.75. The summed E-state index contributed by atoms with van der Waals surface area (Å²) in [5.74, 6) is 1.45. The highest BCUT2D eigenvalue weighted by Crippen LogP contribution is 2.26. The highest BCUT2D eigenvalue weighted by Gasteiger charge is 2.25. The van der Waals surface area contributed by atoms with E-state index in [1.807, 2.05) is 26.8 Å². The van der Waals surface area contributed by atoms with Crippen molar-refractivity contribution in [2.75, 3.05) is 11.4 Å². The average molecular weight is 292 g/mol. The van der Waals surface area contributed by atoms with Gasteiger partial charge in [-0.3, -0.25) is 0 Å². The molecule has 0 aromatic carbocycles. The molecule has 0 atom stereocenters. The Bertz CT molecular complexity index is 456. The molecule has 0 amide bonds. The molecule has 5 heteroatoms. The first-order chi connectivity index (χ1) is 9.99. The second-order valence-corrected chi connectivity index (χ2v) is 6.17. The summed E-state index contributed by atoms with van der Waals surface area (Å²) in [5.41, 5.74) is 6.96. The summed E-state index contributed by atoms with van der Waals surface area (Å²) in [6.07, 6.45) is 4.53. The normalized spacial score (nSPS) is 22.4. The zero-order chi connectivity index (χ0) is 15.4. The molecule has 1 aromatic heterocycles. The molecule has 0 unspecified atom stereocenters. The van der Waals surface area contributed by atoms with E-state index < -0.39 is 0 Å². The fourth-order valence-electron chi connectivity index (χ4n) is 2.93. The molecule has 0 spiro atoms. The maximum absolute atomic E-state index is 6.01. The number of anilines is 1. The first-order valence-corrected chi connectivity index (χ1v) is 8.04. The van der Waals surface area contributed by atoms with Gasteiger partial charge in [0.15, 0.2) is 0 Å². The van der Waals surface area contributed by atoms with Crippen molar-refractivity contribution in [3.05, 3.63) is 11.8 Å². The Balaban J connectivity index is 2.19. The molecule has 1 fully saturated rings. The zero-order valence-corrected chi connectivity index (χ0v) is 13.7. The van der Waals surface area contributed by atoms with E-state index >= 15 is 0 Å². The number of hydrogen-bond acceptors (Lipinski definition) is 5. The predicted octanol–water partition coefficient (Wildman–Crippen LogP) is 2.67. The fraction of sp³-hybridized carbons (Fsp3) is 0.750. The molecule has 0 saturated heterocycles. The third kappa shape index (κ3) is 4.30. The van der Waals surface area contributed by atoms with Gasteiger partial charge in [0.2, 0.25) is 11.8 Å². The van der Waals surface area contributed by atoms with Crippen molar-refractivity contribution in [2.24, 2.45) is 5.73 Å². The van der Waals surface area contributed by atoms with Gasteiger partial charge in [-0.25, -0.2) is 4.98 Å². The Hall–Kier alpha value is -1.36. The molecule has 2 rings (SSSR count). The average Bonchev–Trinajstić information content (AvgIpc) is 2.40. The molecule has 1 heterocycles. The van der Waals surface area contributed by atoms with Gasteiger partial charge in [-0.05, 0) is 53.4 Å². The SMILES string of the molecule is CCN(c1nc(C)cc(OC(C)C)n1)C1CCC(N)CC1. The van der Waals surface area contributed by atoms with Crippen LogP contribution in [0.2, 0.25) is 0 Å². The van der Waals surface area contributed by atoms with Crippen LogP contribution in [0, 0.1) is 6.92 Å². The molecule has 118 valence electrons. The fourth-order valence-corrected chi connectivity index (χ4v) is 2.93. The van der Waals surface area contributed by atoms with Crippen LogP contribution < -0.4 is 15.4 Å². The number of aromatic nitrogens is 2. The van der Waals surface area contributed by atoms with Crippen LogP contribution in [0.3, 0.4) is 0 Å². The number of nitrogens with zero attached hydrogens (tertiary/aromatic N) is 3. The standard InChI is InChI=1S/C16H28N4O/c1-5-20(14-8-6-13(17)7-9-14)16-18-12(4)10-15(19-16)21-11(2)3/h10-11,13-14H,5-9,17H2,1-4H3. The van der Waals surface area contributed by atoms with Crippen LogP contribution in [0.15, 0.2) is 6.07 Å². The lowest BCUT2D eigenvalue weighted by molar-refractivity contribution is 0.232. The number of nitrogens with two attached hydrogens (primary N) is 1. The molecule has 0 bridgehead atoms. The third-order valence-corrected chi connectivity index (χ3v) is 3.96. The summed E-state index contributed by atoms with van der Waals surface area (Å²) in [7, 11) is 0. The van der Waals surface area contributed by atoms with E-state index in [0.717, 1.165) is 43.9 Å². The van der Waals surface area contributed by atoms with E-state index in [-0.39, 0.29) is 6.10 Å². The van der Waals surface area contributed by atoms with Crippen molar-refractivity contribution < 1.29 is 4.74 Å². The van der Waals surface area contributed by atoms with Crippen LogP contribution in [-0.2, 0) is 0 Å². The predicted molar refractivity (Wildman–Crippen MR) is 85.8 cm³/mol. The van der Waals surface area contributed by atoms with Gasteiger partial charge in [0.1, 0.15) is 0 Å². The zero-order valence-electron chi connectivity index (χ0n) is 13.7. The van der Waals surface area contributed by atoms with Crippen LogP contribution in [0.5, 0.6) is 5.88 Å². The van der Waals surface area contributed by atoms with Crippen molar-refractivity contribution in [1.29, 1.82) is 0 Å². The summed E-state index contributed by atoms with van der Waals surface area (Å²) >= 11 is 0. The van der Waals surface area contributed by atoms with Crippen LogP contribution in [-0.4, -0.2) is 34.7 Å². The van der Waals surface area contributed by atoms with Crippen LogP contribution in [0.25, 0.3) is 0 Å². The van der Waals surface area contributed by atoms with Crippen molar-refractivity contribution in [3.8, 4) is 5.88 Å². The van der Waals surface area contributed by atoms with Crippen molar-refractivity contribution in [3.63, 3.8) is 0 Å². The molecular formula is C16H28N4O. The van der Waals surface area contributed by atoms with Gasteiger partial charge in [-0.15, -0.1) is 0 Å². The van der Waals surface area contributed by atoms with Crippen LogP contribution in [0.1, 0.15) is 52.1 Å². The monoisotopic (exact) mass is 292 g/mol. The molecule has 1 aliphatic carbocycles. The van der Waals surface area contributed by atoms with E-state index in [0.29, 0.717) is 18.0 Å². The second-order valence-electron chi connectivity index (χ2n) is 6.17. The topological polar surface area (TPSA) is 64.3 Å². The van der Waals surface area contributed by atoms with Gasteiger partial charge in [-0.2, -0.15) is 4.98 Å². The minimum atomic E-state index is 0.120. The van der Waals surface area contributed by atoms with E-state index in [1.165, 1.54) is 0 Å². The number of aryl methyl sites for hydroxylation is 1. The Morgan fingerprint density at radius 3 is 2.52 bits per heavy atom. The molecule has 0 radical (unpaired) electrons. The van der Waals surface area contributed by atoms with E-state index in [9.17, 15) is 0 Å². The lowest BCUT2D eigenvalue weighted by Gasteiger charge is -2.35. The smallest absolute Gasteiger partial charge is 0.229 e. The minimum absolute atomic E-state index is 0.120. The Kier molecular flexibility index (Phi) is 5.39. The van der Waals surface area contributed by atoms with Gasteiger partial charge >= 0.3 is 0 Å². The van der Waals surface area contributed by atoms with E-state index in [1.54, 1.807) is 0 Å². The number of ether oxygens (including phenoxy) is 1. The lowest BCUT2D eigenvalue weighted by atomic mass is 9.91. The highest BCUT2D eigenvalue weighted by atomic mass is 16.5. The van der Waals surface area contributed by atoms with Crippen molar-refractivity contribution in [2.45, 2.75) is 71.6 Å². The largest absolute Gasteiger partial charge is 0.475 e. The molecule has 2 N–H and O–H groups in total. The Morgan fingerprint density at radius 1 is 1.29 bits per heavy atom. The summed E-state index contributed by atoms with van der Waals surface area (Å²) in [5, 5.41) is 0. The van der Waals surface area contributed by atoms with E-state index in [2.05, 4.69) is 21.8 Å². The van der Waals surface area contributed by atoms with Crippen LogP contribution in [0.4, 0.5) is 5.95 Å². The quantitative estimate of drug-likeness (QED) is 0.904. The summed E-state index contributed by atoms with van der Waals surface area (Å²) in [4.78, 5) is 11.5. The van der Waals surface area contributed by atoms with Crippen molar-refractivity contribution in [1.82, 2.24) is 9.97 Å². The van der Waals surface area contributed by atoms with Gasteiger partial charge < -0.3 is 15.4 Å². The Morgan fingerprint density at radius 2 is 1.95 bits per heavy atom. The molecule has 0 aliphatic heterocycles. The molecule has 1 saturated carbocycles. The molecule has 1 aromatic rings. The van der Waals surface area contributed by atoms with Gasteiger partial charge in [-0.1, -0.05) is 0 Å². The van der Waals surface area contributed by atoms with Crippen LogP contribution >= 0.6 is 0 Å². The van der Waals surface area contributed by atoms with E-state index in [4.69, 9.17) is 10.5 Å².